The largest absolute Gasteiger partial charge is 0.451 e. The van der Waals surface area contributed by atoms with Crippen LogP contribution < -0.4 is 16.0 Å². The summed E-state index contributed by atoms with van der Waals surface area (Å²) in [5.41, 5.74) is 2.55. The topological polar surface area (TPSA) is 114 Å². The van der Waals surface area contributed by atoms with Crippen LogP contribution >= 0.6 is 0 Å². The molecule has 0 bridgehead atoms. The molecule has 0 saturated heterocycles. The molecule has 1 rings (SSSR count). The van der Waals surface area contributed by atoms with Gasteiger partial charge in [-0.3, -0.25) is 19.2 Å². The van der Waals surface area contributed by atoms with E-state index in [-0.39, 0.29) is 24.9 Å². The van der Waals surface area contributed by atoms with Gasteiger partial charge >= 0.3 is 5.97 Å². The third-order valence-corrected chi connectivity index (χ3v) is 4.22. The quantitative estimate of drug-likeness (QED) is 0.514. The Bertz CT molecular complexity index is 726. The summed E-state index contributed by atoms with van der Waals surface area (Å²) < 4.78 is 4.98. The number of ether oxygens (including phenoxy) is 1. The Hall–Kier alpha value is -2.90. The summed E-state index contributed by atoms with van der Waals surface area (Å²) in [6, 6.07) is 5.65. The third kappa shape index (κ3) is 9.23. The minimum atomic E-state index is -1.08. The Labute approximate surface area is 171 Å². The molecule has 0 spiro atoms. The molecule has 3 N–H and O–H groups in total. The molecule has 0 radical (unpaired) electrons. The second-order valence-corrected chi connectivity index (χ2v) is 7.37. The SMILES string of the molecule is Cc1cccc(C)c1NC(=O)CNC(=O)C(C)OC(=O)CNC(=O)CCC(C)C. The summed E-state index contributed by atoms with van der Waals surface area (Å²) in [4.78, 5) is 47.5. The minimum Gasteiger partial charge on any atom is -0.451 e. The van der Waals surface area contributed by atoms with Crippen LogP contribution in [0, 0.1) is 19.8 Å². The molecule has 1 atom stereocenters. The summed E-state index contributed by atoms with van der Waals surface area (Å²) in [7, 11) is 0. The first kappa shape index (κ1) is 24.1. The van der Waals surface area contributed by atoms with Gasteiger partial charge in [0.2, 0.25) is 11.8 Å². The van der Waals surface area contributed by atoms with E-state index in [0.29, 0.717) is 18.0 Å². The van der Waals surface area contributed by atoms with Crippen LogP contribution in [0.1, 0.15) is 44.7 Å². The molecule has 0 aliphatic rings. The number of hydrogen-bond acceptors (Lipinski definition) is 5. The molecule has 1 aromatic rings. The lowest BCUT2D eigenvalue weighted by molar-refractivity contribution is -0.154. The second-order valence-electron chi connectivity index (χ2n) is 7.37. The second kappa shape index (κ2) is 11.8. The average Bonchev–Trinajstić information content (AvgIpc) is 2.65. The maximum Gasteiger partial charge on any atom is 0.326 e. The molecule has 0 aromatic heterocycles. The van der Waals surface area contributed by atoms with Gasteiger partial charge in [0.25, 0.3) is 5.91 Å². The van der Waals surface area contributed by atoms with Crippen molar-refractivity contribution in [3.05, 3.63) is 29.3 Å². The highest BCUT2D eigenvalue weighted by Gasteiger charge is 2.19. The number of carbonyl (C=O) groups excluding carboxylic acids is 4. The monoisotopic (exact) mass is 405 g/mol. The third-order valence-electron chi connectivity index (χ3n) is 4.22. The average molecular weight is 405 g/mol. The Kier molecular flexibility index (Phi) is 9.85. The number of aryl methyl sites for hydroxylation is 2. The summed E-state index contributed by atoms with van der Waals surface area (Å²) in [6.45, 7) is 8.61. The minimum absolute atomic E-state index is 0.240. The standard InChI is InChI=1S/C21H31N3O5/c1-13(2)9-10-17(25)22-12-19(27)29-16(5)21(28)23-11-18(26)24-20-14(3)7-6-8-15(20)4/h6-8,13,16H,9-12H2,1-5H3,(H,22,25)(H,23,28)(H,24,26). The first-order chi connectivity index (χ1) is 13.6. The number of hydrogen-bond donors (Lipinski definition) is 3. The Balaban J connectivity index is 2.35. The summed E-state index contributed by atoms with van der Waals surface area (Å²) in [5.74, 6) is -1.54. The van der Waals surface area contributed by atoms with Crippen molar-refractivity contribution in [2.75, 3.05) is 18.4 Å². The molecular weight excluding hydrogens is 374 g/mol. The fourth-order valence-corrected chi connectivity index (χ4v) is 2.48. The number of anilines is 1. The van der Waals surface area contributed by atoms with Gasteiger partial charge in [0.15, 0.2) is 6.10 Å². The fourth-order valence-electron chi connectivity index (χ4n) is 2.48. The van der Waals surface area contributed by atoms with E-state index in [9.17, 15) is 19.2 Å². The molecule has 0 aliphatic carbocycles. The molecule has 8 heteroatoms. The van der Waals surface area contributed by atoms with E-state index in [1.807, 2.05) is 45.9 Å². The highest BCUT2D eigenvalue weighted by Crippen LogP contribution is 2.18. The Morgan fingerprint density at radius 2 is 1.55 bits per heavy atom. The lowest BCUT2D eigenvalue weighted by atomic mass is 10.1. The normalized spacial score (nSPS) is 11.5. The van der Waals surface area contributed by atoms with Crippen molar-refractivity contribution >= 4 is 29.4 Å². The predicted octanol–water partition coefficient (Wildman–Crippen LogP) is 1.84. The van der Waals surface area contributed by atoms with Crippen molar-refractivity contribution < 1.29 is 23.9 Å². The van der Waals surface area contributed by atoms with Crippen LogP contribution in [0.2, 0.25) is 0 Å². The highest BCUT2D eigenvalue weighted by molar-refractivity contribution is 5.96. The van der Waals surface area contributed by atoms with E-state index >= 15 is 0 Å². The lowest BCUT2D eigenvalue weighted by Gasteiger charge is -2.15. The highest BCUT2D eigenvalue weighted by atomic mass is 16.5. The van der Waals surface area contributed by atoms with Crippen molar-refractivity contribution in [3.63, 3.8) is 0 Å². The van der Waals surface area contributed by atoms with Gasteiger partial charge in [-0.2, -0.15) is 0 Å². The van der Waals surface area contributed by atoms with E-state index in [4.69, 9.17) is 4.74 Å². The van der Waals surface area contributed by atoms with E-state index in [0.717, 1.165) is 17.5 Å². The van der Waals surface area contributed by atoms with Crippen molar-refractivity contribution in [1.82, 2.24) is 10.6 Å². The zero-order chi connectivity index (χ0) is 22.0. The van der Waals surface area contributed by atoms with E-state index in [1.54, 1.807) is 0 Å². The maximum absolute atomic E-state index is 12.1. The van der Waals surface area contributed by atoms with Crippen molar-refractivity contribution in [3.8, 4) is 0 Å². The fraction of sp³-hybridized carbons (Fsp3) is 0.524. The molecule has 0 fully saturated rings. The summed E-state index contributed by atoms with van der Waals surface area (Å²) >= 11 is 0. The number of rotatable bonds is 10. The van der Waals surface area contributed by atoms with E-state index in [1.165, 1.54) is 6.92 Å². The first-order valence-electron chi connectivity index (χ1n) is 9.70. The van der Waals surface area contributed by atoms with Crippen LogP contribution in [-0.2, 0) is 23.9 Å². The maximum atomic E-state index is 12.1. The molecule has 0 saturated carbocycles. The Morgan fingerprint density at radius 3 is 2.14 bits per heavy atom. The number of para-hydroxylation sites is 1. The van der Waals surface area contributed by atoms with Crippen LogP contribution in [-0.4, -0.2) is 42.9 Å². The molecule has 3 amide bonds. The van der Waals surface area contributed by atoms with Crippen LogP contribution in [0.15, 0.2) is 18.2 Å². The number of esters is 1. The predicted molar refractivity (Wildman–Crippen MR) is 110 cm³/mol. The molecule has 160 valence electrons. The zero-order valence-electron chi connectivity index (χ0n) is 17.8. The van der Waals surface area contributed by atoms with Crippen molar-refractivity contribution in [2.45, 2.75) is 53.6 Å². The van der Waals surface area contributed by atoms with Gasteiger partial charge in [-0.25, -0.2) is 0 Å². The molecular formula is C21H31N3O5. The summed E-state index contributed by atoms with van der Waals surface area (Å²) in [5, 5.41) is 7.65. The lowest BCUT2D eigenvalue weighted by Crippen LogP contribution is -2.41. The Morgan fingerprint density at radius 1 is 0.931 bits per heavy atom. The van der Waals surface area contributed by atoms with Gasteiger partial charge in [0.1, 0.15) is 6.54 Å². The molecule has 8 nitrogen and oxygen atoms in total. The summed E-state index contributed by atoms with van der Waals surface area (Å²) in [6.07, 6.45) is -0.0247. The smallest absolute Gasteiger partial charge is 0.326 e. The number of carbonyl (C=O) groups is 4. The van der Waals surface area contributed by atoms with E-state index < -0.39 is 18.0 Å². The van der Waals surface area contributed by atoms with Gasteiger partial charge in [-0.1, -0.05) is 32.0 Å². The number of benzene rings is 1. The van der Waals surface area contributed by atoms with Gasteiger partial charge < -0.3 is 20.7 Å². The molecule has 1 unspecified atom stereocenters. The van der Waals surface area contributed by atoms with Crippen LogP contribution in [0.4, 0.5) is 5.69 Å². The van der Waals surface area contributed by atoms with Crippen LogP contribution in [0.5, 0.6) is 0 Å². The van der Waals surface area contributed by atoms with E-state index in [2.05, 4.69) is 16.0 Å². The molecule has 29 heavy (non-hydrogen) atoms. The van der Waals surface area contributed by atoms with Crippen LogP contribution in [0.3, 0.4) is 0 Å². The first-order valence-corrected chi connectivity index (χ1v) is 9.70. The van der Waals surface area contributed by atoms with Gasteiger partial charge in [0, 0.05) is 12.1 Å². The molecule has 0 heterocycles. The van der Waals surface area contributed by atoms with Crippen molar-refractivity contribution in [1.29, 1.82) is 0 Å². The molecule has 1 aromatic carbocycles. The number of nitrogens with one attached hydrogen (secondary N) is 3. The van der Waals surface area contributed by atoms with Gasteiger partial charge in [-0.05, 0) is 44.2 Å². The zero-order valence-corrected chi connectivity index (χ0v) is 17.8. The van der Waals surface area contributed by atoms with Crippen LogP contribution in [0.25, 0.3) is 0 Å². The van der Waals surface area contributed by atoms with Crippen molar-refractivity contribution in [2.24, 2.45) is 5.92 Å². The van der Waals surface area contributed by atoms with Gasteiger partial charge in [0.05, 0.1) is 6.54 Å². The molecule has 0 aliphatic heterocycles. The number of amides is 3. The van der Waals surface area contributed by atoms with Gasteiger partial charge in [-0.15, -0.1) is 0 Å².